The van der Waals surface area contributed by atoms with Crippen molar-refractivity contribution in [1.82, 2.24) is 0 Å². The van der Waals surface area contributed by atoms with E-state index >= 15 is 0 Å². The second kappa shape index (κ2) is 6.17. The van der Waals surface area contributed by atoms with Gasteiger partial charge in [0.1, 0.15) is 12.7 Å². The molecule has 0 bridgehead atoms. The van der Waals surface area contributed by atoms with Crippen molar-refractivity contribution in [3.05, 3.63) is 52.6 Å². The van der Waals surface area contributed by atoms with Crippen LogP contribution in [0.25, 0.3) is 11.1 Å². The number of halogens is 8. The highest BCUT2D eigenvalue weighted by Gasteiger charge is 2.31. The monoisotopic (exact) mass is 370 g/mol. The van der Waals surface area contributed by atoms with Gasteiger partial charge < -0.3 is 9.47 Å². The standard InChI is InChI=1S/C15H6F8O2/c16-8-5(7-10(18)13(21)15(23)14(22)11(7)19)1-6(9(17)12(8)20)25-3-4-2-24-4/h1,4H,2-3H2. The minimum Gasteiger partial charge on any atom is -0.488 e. The first-order chi connectivity index (χ1) is 11.7. The molecular formula is C15H6F8O2. The lowest BCUT2D eigenvalue weighted by Gasteiger charge is -2.13. The molecule has 25 heavy (non-hydrogen) atoms. The molecule has 0 amide bonds. The topological polar surface area (TPSA) is 21.8 Å². The number of benzene rings is 2. The minimum atomic E-state index is -2.47. The van der Waals surface area contributed by atoms with Crippen LogP contribution in [0.15, 0.2) is 6.07 Å². The summed E-state index contributed by atoms with van der Waals surface area (Å²) in [7, 11) is 0. The summed E-state index contributed by atoms with van der Waals surface area (Å²) in [6, 6.07) is 0.314. The lowest BCUT2D eigenvalue weighted by atomic mass is 10.0. The molecule has 0 aliphatic carbocycles. The van der Waals surface area contributed by atoms with E-state index in [4.69, 9.17) is 9.47 Å². The van der Waals surface area contributed by atoms with Gasteiger partial charge in [0.25, 0.3) is 0 Å². The summed E-state index contributed by atoms with van der Waals surface area (Å²) in [5.41, 5.74) is -3.11. The largest absolute Gasteiger partial charge is 0.488 e. The Kier molecular flexibility index (Phi) is 4.31. The number of rotatable bonds is 4. The van der Waals surface area contributed by atoms with Gasteiger partial charge in [0.05, 0.1) is 12.2 Å². The van der Waals surface area contributed by atoms with Crippen LogP contribution in [0.2, 0.25) is 0 Å². The highest BCUT2D eigenvalue weighted by atomic mass is 19.2. The van der Waals surface area contributed by atoms with Crippen molar-refractivity contribution in [2.45, 2.75) is 6.10 Å². The quantitative estimate of drug-likeness (QED) is 0.348. The molecule has 1 saturated heterocycles. The molecule has 0 radical (unpaired) electrons. The maximum Gasteiger partial charge on any atom is 0.203 e. The van der Waals surface area contributed by atoms with Gasteiger partial charge in [-0.15, -0.1) is 0 Å². The van der Waals surface area contributed by atoms with Crippen molar-refractivity contribution in [3.63, 3.8) is 0 Å². The van der Waals surface area contributed by atoms with Crippen LogP contribution in [0.5, 0.6) is 5.75 Å². The molecular weight excluding hydrogens is 364 g/mol. The normalized spacial score (nSPS) is 16.2. The van der Waals surface area contributed by atoms with Crippen LogP contribution in [0, 0.1) is 46.5 Å². The average molecular weight is 370 g/mol. The fourth-order valence-electron chi connectivity index (χ4n) is 2.06. The lowest BCUT2D eigenvalue weighted by Crippen LogP contribution is -2.09. The summed E-state index contributed by atoms with van der Waals surface area (Å²) in [4.78, 5) is 0. The number of hydrogen-bond donors (Lipinski definition) is 0. The van der Waals surface area contributed by atoms with Gasteiger partial charge in [-0.3, -0.25) is 0 Å². The molecule has 1 heterocycles. The van der Waals surface area contributed by atoms with E-state index in [1.807, 2.05) is 0 Å². The van der Waals surface area contributed by atoms with Gasteiger partial charge in [-0.25, -0.2) is 30.7 Å². The van der Waals surface area contributed by atoms with Crippen LogP contribution >= 0.6 is 0 Å². The highest BCUT2D eigenvalue weighted by Crippen LogP contribution is 2.37. The van der Waals surface area contributed by atoms with Crippen molar-refractivity contribution in [2.75, 3.05) is 13.2 Å². The van der Waals surface area contributed by atoms with E-state index in [1.165, 1.54) is 0 Å². The Hall–Kier alpha value is -2.36. The molecule has 1 unspecified atom stereocenters. The lowest BCUT2D eigenvalue weighted by molar-refractivity contribution is 0.249. The molecule has 2 nitrogen and oxygen atoms in total. The Morgan fingerprint density at radius 1 is 0.760 bits per heavy atom. The third-order valence-corrected chi connectivity index (χ3v) is 3.42. The molecule has 1 aliphatic rings. The molecule has 0 aromatic heterocycles. The Bertz CT molecular complexity index is 835. The van der Waals surface area contributed by atoms with Gasteiger partial charge in [-0.1, -0.05) is 0 Å². The van der Waals surface area contributed by atoms with Crippen LogP contribution in [-0.2, 0) is 4.74 Å². The minimum absolute atomic E-state index is 0.274. The van der Waals surface area contributed by atoms with Crippen LogP contribution in [0.3, 0.4) is 0 Å². The predicted octanol–water partition coefficient (Wildman–Crippen LogP) is 4.24. The summed E-state index contributed by atoms with van der Waals surface area (Å²) in [6.45, 7) is -0.00562. The van der Waals surface area contributed by atoms with Gasteiger partial charge in [0.2, 0.25) is 11.6 Å². The molecule has 1 aliphatic heterocycles. The Labute approximate surface area is 134 Å². The summed E-state index contributed by atoms with van der Waals surface area (Å²) in [6.07, 6.45) is -0.426. The summed E-state index contributed by atoms with van der Waals surface area (Å²) < 4.78 is 118. The molecule has 0 saturated carbocycles. The summed E-state index contributed by atoms with van der Waals surface area (Å²) in [5.74, 6) is -19.1. The second-order valence-corrected chi connectivity index (χ2v) is 5.08. The van der Waals surface area contributed by atoms with Gasteiger partial charge in [0, 0.05) is 5.56 Å². The average Bonchev–Trinajstić information content (AvgIpc) is 3.41. The highest BCUT2D eigenvalue weighted by molar-refractivity contribution is 5.68. The number of ether oxygens (including phenoxy) is 2. The molecule has 134 valence electrons. The third-order valence-electron chi connectivity index (χ3n) is 3.42. The Morgan fingerprint density at radius 3 is 1.76 bits per heavy atom. The SMILES string of the molecule is Fc1c(OCC2CO2)cc(-c2c(F)c(F)c(F)c(F)c2F)c(F)c1F. The van der Waals surface area contributed by atoms with E-state index in [0.29, 0.717) is 6.07 Å². The smallest absolute Gasteiger partial charge is 0.203 e. The molecule has 3 rings (SSSR count). The molecule has 2 aromatic rings. The zero-order valence-electron chi connectivity index (χ0n) is 11.9. The van der Waals surface area contributed by atoms with E-state index in [0.717, 1.165) is 0 Å². The predicted molar refractivity (Wildman–Crippen MR) is 66.8 cm³/mol. The summed E-state index contributed by atoms with van der Waals surface area (Å²) in [5, 5.41) is 0. The first-order valence-corrected chi connectivity index (χ1v) is 6.67. The second-order valence-electron chi connectivity index (χ2n) is 5.08. The van der Waals surface area contributed by atoms with Crippen molar-refractivity contribution in [3.8, 4) is 16.9 Å². The van der Waals surface area contributed by atoms with Crippen molar-refractivity contribution in [1.29, 1.82) is 0 Å². The van der Waals surface area contributed by atoms with E-state index in [-0.39, 0.29) is 13.2 Å². The van der Waals surface area contributed by atoms with Crippen LogP contribution in [0.4, 0.5) is 35.1 Å². The van der Waals surface area contributed by atoms with E-state index in [9.17, 15) is 35.1 Å². The third kappa shape index (κ3) is 2.90. The van der Waals surface area contributed by atoms with Crippen LogP contribution in [-0.4, -0.2) is 19.3 Å². The van der Waals surface area contributed by atoms with Gasteiger partial charge in [-0.2, -0.15) is 4.39 Å². The van der Waals surface area contributed by atoms with Crippen molar-refractivity contribution >= 4 is 0 Å². The molecule has 1 atom stereocenters. The maximum absolute atomic E-state index is 13.9. The molecule has 2 aromatic carbocycles. The van der Waals surface area contributed by atoms with Crippen molar-refractivity contribution < 1.29 is 44.6 Å². The van der Waals surface area contributed by atoms with Crippen LogP contribution < -0.4 is 4.74 Å². The van der Waals surface area contributed by atoms with E-state index in [2.05, 4.69) is 0 Å². The molecule has 1 fully saturated rings. The molecule has 0 N–H and O–H groups in total. The molecule has 0 spiro atoms. The van der Waals surface area contributed by atoms with Crippen LogP contribution in [0.1, 0.15) is 0 Å². The summed E-state index contributed by atoms with van der Waals surface area (Å²) >= 11 is 0. The number of epoxide rings is 1. The van der Waals surface area contributed by atoms with E-state index in [1.54, 1.807) is 0 Å². The van der Waals surface area contributed by atoms with Crippen molar-refractivity contribution in [2.24, 2.45) is 0 Å². The zero-order chi connectivity index (χ0) is 18.5. The first-order valence-electron chi connectivity index (χ1n) is 6.67. The zero-order valence-corrected chi connectivity index (χ0v) is 11.9. The van der Waals surface area contributed by atoms with Gasteiger partial charge >= 0.3 is 0 Å². The maximum atomic E-state index is 13.9. The van der Waals surface area contributed by atoms with Gasteiger partial charge in [-0.05, 0) is 6.07 Å². The first kappa shape index (κ1) is 17.5. The Morgan fingerprint density at radius 2 is 1.24 bits per heavy atom. The Balaban J connectivity index is 2.20. The fourth-order valence-corrected chi connectivity index (χ4v) is 2.06. The van der Waals surface area contributed by atoms with E-state index < -0.39 is 69.5 Å². The fraction of sp³-hybridized carbons (Fsp3) is 0.200. The molecule has 10 heteroatoms. The number of hydrogen-bond acceptors (Lipinski definition) is 2. The van der Waals surface area contributed by atoms with Gasteiger partial charge in [0.15, 0.2) is 40.7 Å².